The monoisotopic (exact) mass is 411 g/mol. The van der Waals surface area contributed by atoms with Gasteiger partial charge in [0.1, 0.15) is 11.3 Å². The number of fused-ring (bicyclic) bond motifs is 1. The molecule has 0 saturated carbocycles. The number of carbonyl (C=O) groups excluding carboxylic acids is 1. The molecule has 0 aliphatic carbocycles. The van der Waals surface area contributed by atoms with Crippen LogP contribution < -0.4 is 14.2 Å². The summed E-state index contributed by atoms with van der Waals surface area (Å²) >= 11 is 0. The summed E-state index contributed by atoms with van der Waals surface area (Å²) < 4.78 is 22.1. The third kappa shape index (κ3) is 4.37. The van der Waals surface area contributed by atoms with Crippen molar-refractivity contribution < 1.29 is 23.4 Å². The highest BCUT2D eigenvalue weighted by Crippen LogP contribution is 2.38. The lowest BCUT2D eigenvalue weighted by molar-refractivity contribution is -0.130. The van der Waals surface area contributed by atoms with Gasteiger partial charge in [0, 0.05) is 37.4 Å². The largest absolute Gasteiger partial charge is 0.493 e. The van der Waals surface area contributed by atoms with Gasteiger partial charge < -0.3 is 23.5 Å². The number of furan rings is 1. The third-order valence-electron chi connectivity index (χ3n) is 5.28. The van der Waals surface area contributed by atoms with Gasteiger partial charge in [-0.05, 0) is 30.2 Å². The minimum absolute atomic E-state index is 0.0658. The first-order valence-electron chi connectivity index (χ1n) is 10.0. The molecular formula is C24H29NO5. The number of ether oxygens (including phenoxy) is 3. The standard InChI is InChI=1S/C24H29NO5/c1-6-19-18(17-9-7-8-10-20(17)30-19)15-25(2)23(26)12-11-16-13-21(27-3)24(29-5)22(14-16)28-4/h7-10,13-14H,6,11-12,15H2,1-5H3. The van der Waals surface area contributed by atoms with Crippen LogP contribution in [0.2, 0.25) is 0 Å². The van der Waals surface area contributed by atoms with Gasteiger partial charge in [-0.15, -0.1) is 0 Å². The molecule has 0 unspecified atom stereocenters. The maximum atomic E-state index is 12.8. The zero-order valence-electron chi connectivity index (χ0n) is 18.3. The molecule has 0 bridgehead atoms. The van der Waals surface area contributed by atoms with Crippen molar-refractivity contribution >= 4 is 16.9 Å². The molecule has 0 spiro atoms. The average molecular weight is 411 g/mol. The summed E-state index contributed by atoms with van der Waals surface area (Å²) in [6.07, 6.45) is 1.75. The van der Waals surface area contributed by atoms with Crippen LogP contribution in [0.25, 0.3) is 11.0 Å². The van der Waals surface area contributed by atoms with Gasteiger partial charge >= 0.3 is 0 Å². The summed E-state index contributed by atoms with van der Waals surface area (Å²) in [5, 5.41) is 1.07. The second kappa shape index (κ2) is 9.57. The van der Waals surface area contributed by atoms with Gasteiger partial charge in [-0.1, -0.05) is 25.1 Å². The summed E-state index contributed by atoms with van der Waals surface area (Å²) in [6, 6.07) is 11.7. The van der Waals surface area contributed by atoms with E-state index in [1.54, 1.807) is 26.2 Å². The summed E-state index contributed by atoms with van der Waals surface area (Å²) in [6.45, 7) is 2.59. The van der Waals surface area contributed by atoms with Crippen LogP contribution in [0.4, 0.5) is 0 Å². The highest BCUT2D eigenvalue weighted by Gasteiger charge is 2.18. The summed E-state index contributed by atoms with van der Waals surface area (Å²) in [7, 11) is 6.57. The molecule has 0 N–H and O–H groups in total. The molecule has 0 radical (unpaired) electrons. The van der Waals surface area contributed by atoms with E-state index in [2.05, 4.69) is 6.92 Å². The molecule has 1 heterocycles. The molecule has 0 aliphatic rings. The number of aryl methyl sites for hydroxylation is 2. The Bertz CT molecular complexity index is 999. The number of hydrogen-bond donors (Lipinski definition) is 0. The highest BCUT2D eigenvalue weighted by atomic mass is 16.5. The first kappa shape index (κ1) is 21.6. The van der Waals surface area contributed by atoms with Crippen LogP contribution in [0, 0.1) is 0 Å². The first-order valence-corrected chi connectivity index (χ1v) is 10.0. The van der Waals surface area contributed by atoms with E-state index in [-0.39, 0.29) is 5.91 Å². The van der Waals surface area contributed by atoms with Crippen molar-refractivity contribution in [3.05, 3.63) is 53.3 Å². The fourth-order valence-corrected chi connectivity index (χ4v) is 3.66. The highest BCUT2D eigenvalue weighted by molar-refractivity contribution is 5.83. The molecule has 6 nitrogen and oxygen atoms in total. The van der Waals surface area contributed by atoms with Gasteiger partial charge in [0.25, 0.3) is 0 Å². The number of benzene rings is 2. The maximum Gasteiger partial charge on any atom is 0.222 e. The Labute approximate surface area is 177 Å². The second-order valence-corrected chi connectivity index (χ2v) is 7.14. The lowest BCUT2D eigenvalue weighted by atomic mass is 10.1. The van der Waals surface area contributed by atoms with E-state index in [1.165, 1.54) is 0 Å². The SMILES string of the molecule is CCc1oc2ccccc2c1CN(C)C(=O)CCc1cc(OC)c(OC)c(OC)c1. The second-order valence-electron chi connectivity index (χ2n) is 7.14. The normalized spacial score (nSPS) is 10.8. The Hall–Kier alpha value is -3.15. The van der Waals surface area contributed by atoms with E-state index in [9.17, 15) is 4.79 Å². The quantitative estimate of drug-likeness (QED) is 0.514. The fourth-order valence-electron chi connectivity index (χ4n) is 3.66. The zero-order valence-corrected chi connectivity index (χ0v) is 18.3. The van der Waals surface area contributed by atoms with E-state index < -0.39 is 0 Å². The lowest BCUT2D eigenvalue weighted by Crippen LogP contribution is -2.26. The van der Waals surface area contributed by atoms with Crippen LogP contribution in [-0.4, -0.2) is 39.2 Å². The Morgan fingerprint density at radius 2 is 1.70 bits per heavy atom. The van der Waals surface area contributed by atoms with Crippen molar-refractivity contribution in [2.24, 2.45) is 0 Å². The van der Waals surface area contributed by atoms with Gasteiger partial charge in [-0.25, -0.2) is 0 Å². The van der Waals surface area contributed by atoms with E-state index in [4.69, 9.17) is 18.6 Å². The molecule has 0 aliphatic heterocycles. The van der Waals surface area contributed by atoms with Crippen molar-refractivity contribution in [1.29, 1.82) is 0 Å². The van der Waals surface area contributed by atoms with Gasteiger partial charge in [-0.2, -0.15) is 0 Å². The van der Waals surface area contributed by atoms with Crippen LogP contribution in [0.5, 0.6) is 17.2 Å². The van der Waals surface area contributed by atoms with Crippen LogP contribution in [-0.2, 0) is 24.2 Å². The Balaban J connectivity index is 1.71. The Kier molecular flexibility index (Phi) is 6.87. The zero-order chi connectivity index (χ0) is 21.7. The average Bonchev–Trinajstić information content (AvgIpc) is 3.13. The van der Waals surface area contributed by atoms with Gasteiger partial charge in [0.2, 0.25) is 11.7 Å². The van der Waals surface area contributed by atoms with Gasteiger partial charge in [0.15, 0.2) is 11.5 Å². The predicted molar refractivity (Wildman–Crippen MR) is 116 cm³/mol. The van der Waals surface area contributed by atoms with Crippen LogP contribution in [0.1, 0.15) is 30.2 Å². The minimum atomic E-state index is 0.0658. The van der Waals surface area contributed by atoms with Crippen LogP contribution in [0.15, 0.2) is 40.8 Å². The molecular weight excluding hydrogens is 382 g/mol. The number of carbonyl (C=O) groups is 1. The number of nitrogens with zero attached hydrogens (tertiary/aromatic N) is 1. The summed E-state index contributed by atoms with van der Waals surface area (Å²) in [5.41, 5.74) is 2.90. The number of hydrogen-bond acceptors (Lipinski definition) is 5. The Morgan fingerprint density at radius 1 is 1.03 bits per heavy atom. The molecule has 6 heteroatoms. The van der Waals surface area contributed by atoms with E-state index in [0.717, 1.165) is 34.3 Å². The minimum Gasteiger partial charge on any atom is -0.493 e. The number of methoxy groups -OCH3 is 3. The Morgan fingerprint density at radius 3 is 2.30 bits per heavy atom. The van der Waals surface area contributed by atoms with Gasteiger partial charge in [0.05, 0.1) is 21.3 Å². The van der Waals surface area contributed by atoms with E-state index >= 15 is 0 Å². The molecule has 1 aromatic heterocycles. The number of rotatable bonds is 9. The molecule has 2 aromatic carbocycles. The molecule has 3 aromatic rings. The lowest BCUT2D eigenvalue weighted by Gasteiger charge is -2.18. The molecule has 0 saturated heterocycles. The molecule has 0 fully saturated rings. The summed E-state index contributed by atoms with van der Waals surface area (Å²) in [5.74, 6) is 2.72. The van der Waals surface area contributed by atoms with Crippen molar-refractivity contribution in [3.8, 4) is 17.2 Å². The smallest absolute Gasteiger partial charge is 0.222 e. The van der Waals surface area contributed by atoms with Crippen molar-refractivity contribution in [3.63, 3.8) is 0 Å². The van der Waals surface area contributed by atoms with Gasteiger partial charge in [-0.3, -0.25) is 4.79 Å². The topological polar surface area (TPSA) is 61.1 Å². The van der Waals surface area contributed by atoms with E-state index in [1.807, 2.05) is 43.4 Å². The van der Waals surface area contributed by atoms with Crippen molar-refractivity contribution in [2.45, 2.75) is 32.7 Å². The molecule has 0 atom stereocenters. The van der Waals surface area contributed by atoms with Crippen LogP contribution >= 0.6 is 0 Å². The van der Waals surface area contributed by atoms with Crippen molar-refractivity contribution in [2.75, 3.05) is 28.4 Å². The summed E-state index contributed by atoms with van der Waals surface area (Å²) in [4.78, 5) is 14.6. The van der Waals surface area contributed by atoms with Crippen molar-refractivity contribution in [1.82, 2.24) is 4.90 Å². The third-order valence-corrected chi connectivity index (χ3v) is 5.28. The number of amides is 1. The van der Waals surface area contributed by atoms with E-state index in [0.29, 0.717) is 36.6 Å². The predicted octanol–water partition coefficient (Wildman–Crippen LogP) is 4.61. The maximum absolute atomic E-state index is 12.8. The van der Waals surface area contributed by atoms with Crippen LogP contribution in [0.3, 0.4) is 0 Å². The number of para-hydroxylation sites is 1. The fraction of sp³-hybridized carbons (Fsp3) is 0.375. The molecule has 160 valence electrons. The first-order chi connectivity index (χ1) is 14.5. The molecule has 3 rings (SSSR count). The molecule has 1 amide bonds. The molecule has 30 heavy (non-hydrogen) atoms.